The number of fused-ring (bicyclic) bond motifs is 1. The summed E-state index contributed by atoms with van der Waals surface area (Å²) in [5.74, 6) is 1.68. The van der Waals surface area contributed by atoms with Crippen LogP contribution in [0.15, 0.2) is 56.6 Å². The zero-order valence-electron chi connectivity index (χ0n) is 16.3. The summed E-state index contributed by atoms with van der Waals surface area (Å²) >= 11 is 0. The molecular weight excluding hydrogens is 372 g/mol. The van der Waals surface area contributed by atoms with E-state index in [1.807, 2.05) is 38.1 Å². The highest BCUT2D eigenvalue weighted by atomic mass is 16.5. The third kappa shape index (κ3) is 3.56. The van der Waals surface area contributed by atoms with Gasteiger partial charge in [0.15, 0.2) is 0 Å². The Morgan fingerprint density at radius 1 is 1.14 bits per heavy atom. The lowest BCUT2D eigenvalue weighted by Crippen LogP contribution is -2.37. The molecule has 4 aromatic rings. The van der Waals surface area contributed by atoms with Gasteiger partial charge in [-0.1, -0.05) is 17.3 Å². The van der Waals surface area contributed by atoms with Crippen molar-refractivity contribution in [3.05, 3.63) is 74.6 Å². The molecule has 2 aromatic carbocycles. The summed E-state index contributed by atoms with van der Waals surface area (Å²) in [5.41, 5.74) is 1.67. The maximum absolute atomic E-state index is 12.2. The van der Waals surface area contributed by atoms with Crippen LogP contribution in [0.2, 0.25) is 0 Å². The Bertz CT molecular complexity index is 1280. The minimum atomic E-state index is -0.656. The van der Waals surface area contributed by atoms with E-state index in [0.717, 1.165) is 11.3 Å². The lowest BCUT2D eigenvalue weighted by atomic mass is 10.1. The fourth-order valence-corrected chi connectivity index (χ4v) is 3.25. The van der Waals surface area contributed by atoms with Crippen LogP contribution in [-0.2, 0) is 6.42 Å². The Balaban J connectivity index is 1.67. The molecular formula is C21H20N4O4. The molecule has 0 saturated carbocycles. The molecule has 0 bridgehead atoms. The maximum atomic E-state index is 12.2. The van der Waals surface area contributed by atoms with Gasteiger partial charge < -0.3 is 14.2 Å². The second-order valence-corrected chi connectivity index (χ2v) is 6.99. The van der Waals surface area contributed by atoms with Gasteiger partial charge in [0.25, 0.3) is 0 Å². The minimum Gasteiger partial charge on any atom is -0.497 e. The molecule has 0 amide bonds. The highest BCUT2D eigenvalue weighted by Gasteiger charge is 2.14. The number of rotatable bonds is 5. The van der Waals surface area contributed by atoms with Crippen LogP contribution in [-0.4, -0.2) is 26.8 Å². The van der Waals surface area contributed by atoms with E-state index in [9.17, 15) is 9.59 Å². The number of H-pyrrole nitrogens is 1. The Kier molecular flexibility index (Phi) is 4.75. The van der Waals surface area contributed by atoms with Crippen molar-refractivity contribution in [1.82, 2.24) is 19.7 Å². The van der Waals surface area contributed by atoms with Crippen molar-refractivity contribution in [3.63, 3.8) is 0 Å². The Morgan fingerprint density at radius 2 is 1.90 bits per heavy atom. The predicted molar refractivity (Wildman–Crippen MR) is 108 cm³/mol. The van der Waals surface area contributed by atoms with Crippen LogP contribution < -0.4 is 15.9 Å². The number of hydrogen-bond donors (Lipinski definition) is 1. The first-order chi connectivity index (χ1) is 14.0. The Morgan fingerprint density at radius 3 is 2.59 bits per heavy atom. The van der Waals surface area contributed by atoms with Gasteiger partial charge in [0, 0.05) is 11.6 Å². The van der Waals surface area contributed by atoms with Crippen LogP contribution in [0, 0.1) is 0 Å². The molecule has 0 fully saturated rings. The van der Waals surface area contributed by atoms with Crippen molar-refractivity contribution in [3.8, 4) is 17.1 Å². The zero-order valence-corrected chi connectivity index (χ0v) is 16.3. The molecule has 0 unspecified atom stereocenters. The van der Waals surface area contributed by atoms with Crippen LogP contribution in [0.5, 0.6) is 5.75 Å². The van der Waals surface area contributed by atoms with Gasteiger partial charge in [0.1, 0.15) is 5.75 Å². The van der Waals surface area contributed by atoms with Crippen molar-refractivity contribution in [2.24, 2.45) is 0 Å². The van der Waals surface area contributed by atoms with Crippen molar-refractivity contribution >= 4 is 11.0 Å². The molecule has 2 heterocycles. The SMILES string of the molecule is COc1ccc(Cc2nc(-c3ccc4c(c3)[nH]c(=O)c(=O)n4C(C)C)no2)cc1. The summed E-state index contributed by atoms with van der Waals surface area (Å²) in [5, 5.41) is 4.05. The fourth-order valence-electron chi connectivity index (χ4n) is 3.25. The van der Waals surface area contributed by atoms with Crippen LogP contribution >= 0.6 is 0 Å². The average molecular weight is 392 g/mol. The third-order valence-corrected chi connectivity index (χ3v) is 4.67. The molecule has 8 heteroatoms. The number of nitrogens with one attached hydrogen (secondary N) is 1. The van der Waals surface area contributed by atoms with Gasteiger partial charge in [0.05, 0.1) is 24.6 Å². The molecule has 148 valence electrons. The van der Waals surface area contributed by atoms with E-state index < -0.39 is 11.1 Å². The molecule has 0 atom stereocenters. The van der Waals surface area contributed by atoms with Gasteiger partial charge >= 0.3 is 11.1 Å². The van der Waals surface area contributed by atoms with Crippen LogP contribution in [0.1, 0.15) is 31.3 Å². The van der Waals surface area contributed by atoms with Crippen LogP contribution in [0.3, 0.4) is 0 Å². The van der Waals surface area contributed by atoms with E-state index in [1.54, 1.807) is 25.3 Å². The van der Waals surface area contributed by atoms with Gasteiger partial charge in [-0.05, 0) is 49.7 Å². The Labute approximate surface area is 165 Å². The lowest BCUT2D eigenvalue weighted by Gasteiger charge is -2.13. The molecule has 29 heavy (non-hydrogen) atoms. The van der Waals surface area contributed by atoms with E-state index in [4.69, 9.17) is 9.26 Å². The molecule has 0 aliphatic heterocycles. The minimum absolute atomic E-state index is 0.139. The fraction of sp³-hybridized carbons (Fsp3) is 0.238. The standard InChI is InChI=1S/C21H20N4O4/c1-12(2)25-17-9-6-14(11-16(17)22-20(26)21(25)27)19-23-18(29-24-19)10-13-4-7-15(28-3)8-5-13/h4-9,11-12H,10H2,1-3H3,(H,22,26). The second kappa shape index (κ2) is 7.38. The van der Waals surface area contributed by atoms with Gasteiger partial charge in [-0.2, -0.15) is 4.98 Å². The van der Waals surface area contributed by atoms with E-state index >= 15 is 0 Å². The normalized spacial score (nSPS) is 11.3. The smallest absolute Gasteiger partial charge is 0.316 e. The first-order valence-electron chi connectivity index (χ1n) is 9.20. The predicted octanol–water partition coefficient (Wildman–Crippen LogP) is 2.92. The molecule has 2 aromatic heterocycles. The number of ether oxygens (including phenoxy) is 1. The Hall–Kier alpha value is -3.68. The maximum Gasteiger partial charge on any atom is 0.316 e. The van der Waals surface area contributed by atoms with Crippen molar-refractivity contribution in [2.75, 3.05) is 7.11 Å². The third-order valence-electron chi connectivity index (χ3n) is 4.67. The van der Waals surface area contributed by atoms with E-state index in [0.29, 0.717) is 34.7 Å². The molecule has 0 saturated heterocycles. The van der Waals surface area contributed by atoms with Gasteiger partial charge in [-0.15, -0.1) is 0 Å². The van der Waals surface area contributed by atoms with E-state index in [-0.39, 0.29) is 6.04 Å². The molecule has 8 nitrogen and oxygen atoms in total. The highest BCUT2D eigenvalue weighted by Crippen LogP contribution is 2.22. The summed E-state index contributed by atoms with van der Waals surface area (Å²) in [6.45, 7) is 3.72. The first kappa shape index (κ1) is 18.7. The number of methoxy groups -OCH3 is 1. The average Bonchev–Trinajstić information content (AvgIpc) is 3.17. The van der Waals surface area contributed by atoms with Gasteiger partial charge in [-0.25, -0.2) is 0 Å². The topological polar surface area (TPSA) is 103 Å². The first-order valence-corrected chi connectivity index (χ1v) is 9.20. The highest BCUT2D eigenvalue weighted by molar-refractivity contribution is 5.80. The molecule has 1 N–H and O–H groups in total. The van der Waals surface area contributed by atoms with Crippen LogP contribution in [0.25, 0.3) is 22.4 Å². The van der Waals surface area contributed by atoms with E-state index in [1.165, 1.54) is 4.57 Å². The molecule has 0 aliphatic carbocycles. The molecule has 0 aliphatic rings. The summed E-state index contributed by atoms with van der Waals surface area (Å²) in [7, 11) is 1.62. The van der Waals surface area contributed by atoms with Crippen molar-refractivity contribution in [2.45, 2.75) is 26.3 Å². The van der Waals surface area contributed by atoms with Crippen LogP contribution in [0.4, 0.5) is 0 Å². The van der Waals surface area contributed by atoms with Crippen molar-refractivity contribution < 1.29 is 9.26 Å². The number of aromatic nitrogens is 4. The van der Waals surface area contributed by atoms with Gasteiger partial charge in [-0.3, -0.25) is 14.2 Å². The lowest BCUT2D eigenvalue weighted by molar-refractivity contribution is 0.385. The zero-order chi connectivity index (χ0) is 20.5. The summed E-state index contributed by atoms with van der Waals surface area (Å²) in [6.07, 6.45) is 0.494. The second-order valence-electron chi connectivity index (χ2n) is 6.99. The summed E-state index contributed by atoms with van der Waals surface area (Å²) in [4.78, 5) is 31.3. The van der Waals surface area contributed by atoms with Gasteiger partial charge in [0.2, 0.25) is 11.7 Å². The summed E-state index contributed by atoms with van der Waals surface area (Å²) < 4.78 is 12.0. The quantitative estimate of drug-likeness (QED) is 0.524. The largest absolute Gasteiger partial charge is 0.497 e. The molecule has 0 spiro atoms. The summed E-state index contributed by atoms with van der Waals surface area (Å²) in [6, 6.07) is 12.8. The number of hydrogen-bond acceptors (Lipinski definition) is 6. The molecule has 4 rings (SSSR count). The number of nitrogens with zero attached hydrogens (tertiary/aromatic N) is 3. The van der Waals surface area contributed by atoms with Crippen molar-refractivity contribution in [1.29, 1.82) is 0 Å². The number of aromatic amines is 1. The monoisotopic (exact) mass is 392 g/mol. The molecule has 0 radical (unpaired) electrons. The van der Waals surface area contributed by atoms with E-state index in [2.05, 4.69) is 15.1 Å². The number of benzene rings is 2.